The zero-order valence-electron chi connectivity index (χ0n) is 12.4. The first-order valence-electron chi connectivity index (χ1n) is 7.37. The summed E-state index contributed by atoms with van der Waals surface area (Å²) in [7, 11) is 0. The summed E-state index contributed by atoms with van der Waals surface area (Å²) < 4.78 is 36.4. The Kier molecular flexibility index (Phi) is 6.61. The highest BCUT2D eigenvalue weighted by atomic mass is 19.3. The number of benzene rings is 1. The minimum absolute atomic E-state index is 0.136. The van der Waals surface area contributed by atoms with E-state index in [1.54, 1.807) is 0 Å². The second-order valence-corrected chi connectivity index (χ2v) is 5.30. The molecule has 0 aliphatic carbocycles. The first-order chi connectivity index (χ1) is 11.0. The fourth-order valence-corrected chi connectivity index (χ4v) is 2.43. The maximum atomic E-state index is 13.0. The van der Waals surface area contributed by atoms with Gasteiger partial charge in [0, 0.05) is 0 Å². The summed E-state index contributed by atoms with van der Waals surface area (Å²) in [6.45, 7) is -0.472. The van der Waals surface area contributed by atoms with Crippen LogP contribution in [-0.2, 0) is 15.9 Å². The number of aliphatic hydroxyl groups is 3. The van der Waals surface area contributed by atoms with E-state index in [0.717, 1.165) is 5.56 Å². The molecule has 1 aromatic carbocycles. The molecule has 4 atom stereocenters. The number of rotatable bonds is 6. The van der Waals surface area contributed by atoms with Crippen LogP contribution in [0.3, 0.4) is 0 Å². The van der Waals surface area contributed by atoms with E-state index in [1.807, 2.05) is 30.3 Å². The Labute approximate surface area is 132 Å². The first-order valence-corrected chi connectivity index (χ1v) is 7.37. The molecule has 1 aliphatic rings. The van der Waals surface area contributed by atoms with Crippen molar-refractivity contribution in [2.24, 2.45) is 0 Å². The topological polar surface area (TPSA) is 79.2 Å². The molecule has 1 aromatic rings. The molecule has 1 aliphatic heterocycles. The van der Waals surface area contributed by atoms with Crippen molar-refractivity contribution in [2.45, 2.75) is 37.4 Å². The molecule has 1 saturated heterocycles. The van der Waals surface area contributed by atoms with Crippen molar-refractivity contribution in [3.63, 3.8) is 0 Å². The van der Waals surface area contributed by atoms with Crippen LogP contribution in [0.15, 0.2) is 42.0 Å². The number of halogens is 2. The Morgan fingerprint density at radius 3 is 2.48 bits per heavy atom. The van der Waals surface area contributed by atoms with E-state index in [1.165, 1.54) is 0 Å². The maximum Gasteiger partial charge on any atom is 0.277 e. The number of ether oxygens (including phenoxy) is 2. The molecule has 0 radical (unpaired) electrons. The highest BCUT2D eigenvalue weighted by Gasteiger charge is 2.43. The molecule has 0 bridgehead atoms. The van der Waals surface area contributed by atoms with Crippen molar-refractivity contribution >= 4 is 0 Å². The predicted octanol–water partition coefficient (Wildman–Crippen LogP) is 1.23. The van der Waals surface area contributed by atoms with Gasteiger partial charge >= 0.3 is 0 Å². The number of aryl methyl sites for hydroxylation is 1. The summed E-state index contributed by atoms with van der Waals surface area (Å²) >= 11 is 0. The van der Waals surface area contributed by atoms with Gasteiger partial charge in [-0.15, -0.1) is 0 Å². The quantitative estimate of drug-likeness (QED) is 0.684. The molecular weight excluding hydrogens is 310 g/mol. The fraction of sp³-hybridized carbons (Fsp3) is 0.500. The molecule has 1 fully saturated rings. The second kappa shape index (κ2) is 8.47. The SMILES string of the molecule is OC[C@H]1O[C@@H](OCCCc2ccccc2)C(=C(F)F)[C@@H](O)[C@@H]1O. The summed E-state index contributed by atoms with van der Waals surface area (Å²) in [4.78, 5) is 0. The van der Waals surface area contributed by atoms with Crippen molar-refractivity contribution in [2.75, 3.05) is 13.2 Å². The van der Waals surface area contributed by atoms with Gasteiger partial charge in [-0.1, -0.05) is 30.3 Å². The van der Waals surface area contributed by atoms with Crippen LogP contribution < -0.4 is 0 Å². The minimum Gasteiger partial charge on any atom is -0.394 e. The lowest BCUT2D eigenvalue weighted by atomic mass is 9.97. The molecule has 0 amide bonds. The Hall–Kier alpha value is -1.38. The summed E-state index contributed by atoms with van der Waals surface area (Å²) in [5, 5.41) is 28.5. The first kappa shape index (κ1) is 18.0. The van der Waals surface area contributed by atoms with E-state index in [-0.39, 0.29) is 6.61 Å². The van der Waals surface area contributed by atoms with Crippen molar-refractivity contribution < 1.29 is 33.6 Å². The standard InChI is InChI=1S/C16H20F2O5/c17-15(18)12-14(21)13(20)11(9-19)23-16(12)22-8-4-7-10-5-2-1-3-6-10/h1-3,5-6,11,13-14,16,19-21H,4,7-9H2/t11-,13-,14-,16-/m1/s1. The molecule has 0 unspecified atom stereocenters. The van der Waals surface area contributed by atoms with Gasteiger partial charge < -0.3 is 24.8 Å². The molecule has 0 saturated carbocycles. The van der Waals surface area contributed by atoms with Crippen LogP contribution in [0, 0.1) is 0 Å². The predicted molar refractivity (Wildman–Crippen MR) is 77.7 cm³/mol. The Morgan fingerprint density at radius 2 is 1.87 bits per heavy atom. The van der Waals surface area contributed by atoms with Gasteiger partial charge in [-0.05, 0) is 18.4 Å². The minimum atomic E-state index is -2.15. The van der Waals surface area contributed by atoms with E-state index in [0.29, 0.717) is 12.8 Å². The third kappa shape index (κ3) is 4.55. The van der Waals surface area contributed by atoms with Gasteiger partial charge in [-0.3, -0.25) is 0 Å². The van der Waals surface area contributed by atoms with E-state index in [9.17, 15) is 19.0 Å². The van der Waals surface area contributed by atoms with Crippen LogP contribution >= 0.6 is 0 Å². The van der Waals surface area contributed by atoms with E-state index in [2.05, 4.69) is 0 Å². The van der Waals surface area contributed by atoms with Gasteiger partial charge in [-0.25, -0.2) is 0 Å². The third-order valence-electron chi connectivity index (χ3n) is 3.70. The van der Waals surface area contributed by atoms with Crippen LogP contribution in [0.2, 0.25) is 0 Å². The summed E-state index contributed by atoms with van der Waals surface area (Å²) in [5.41, 5.74) is 0.304. The summed E-state index contributed by atoms with van der Waals surface area (Å²) in [6.07, 6.45) is -6.97. The normalized spacial score (nSPS) is 28.0. The Morgan fingerprint density at radius 1 is 1.17 bits per heavy atom. The van der Waals surface area contributed by atoms with E-state index >= 15 is 0 Å². The lowest BCUT2D eigenvalue weighted by Crippen LogP contribution is -2.52. The van der Waals surface area contributed by atoms with Crippen LogP contribution in [-0.4, -0.2) is 53.1 Å². The van der Waals surface area contributed by atoms with Crippen molar-refractivity contribution in [3.8, 4) is 0 Å². The molecule has 0 aromatic heterocycles. The van der Waals surface area contributed by atoms with Crippen LogP contribution in [0.1, 0.15) is 12.0 Å². The van der Waals surface area contributed by atoms with Crippen LogP contribution in [0.25, 0.3) is 0 Å². The highest BCUT2D eigenvalue weighted by Crippen LogP contribution is 2.30. The average molecular weight is 330 g/mol. The maximum absolute atomic E-state index is 13.0. The lowest BCUT2D eigenvalue weighted by molar-refractivity contribution is -0.227. The smallest absolute Gasteiger partial charge is 0.277 e. The van der Waals surface area contributed by atoms with Crippen LogP contribution in [0.4, 0.5) is 8.78 Å². The average Bonchev–Trinajstić information content (AvgIpc) is 2.55. The zero-order chi connectivity index (χ0) is 16.8. The fourth-order valence-electron chi connectivity index (χ4n) is 2.43. The molecule has 128 valence electrons. The third-order valence-corrected chi connectivity index (χ3v) is 3.70. The molecule has 23 heavy (non-hydrogen) atoms. The molecule has 2 rings (SSSR count). The molecule has 1 heterocycles. The van der Waals surface area contributed by atoms with Gasteiger partial charge in [0.15, 0.2) is 6.29 Å². The zero-order valence-corrected chi connectivity index (χ0v) is 12.4. The van der Waals surface area contributed by atoms with Crippen LogP contribution in [0.5, 0.6) is 0 Å². The highest BCUT2D eigenvalue weighted by molar-refractivity contribution is 5.18. The number of hydrogen-bond donors (Lipinski definition) is 3. The van der Waals surface area contributed by atoms with Gasteiger partial charge in [0.2, 0.25) is 0 Å². The molecule has 5 nitrogen and oxygen atoms in total. The Balaban J connectivity index is 1.92. The number of hydrogen-bond acceptors (Lipinski definition) is 5. The van der Waals surface area contributed by atoms with Gasteiger partial charge in [0.25, 0.3) is 6.08 Å². The summed E-state index contributed by atoms with van der Waals surface area (Å²) in [6, 6.07) is 9.61. The summed E-state index contributed by atoms with van der Waals surface area (Å²) in [5.74, 6) is 0. The Bertz CT molecular complexity index is 518. The molecule has 7 heteroatoms. The second-order valence-electron chi connectivity index (χ2n) is 5.30. The molecule has 0 spiro atoms. The lowest BCUT2D eigenvalue weighted by Gasteiger charge is -2.37. The number of aliphatic hydroxyl groups excluding tert-OH is 3. The van der Waals surface area contributed by atoms with Gasteiger partial charge in [0.05, 0.1) is 18.8 Å². The van der Waals surface area contributed by atoms with E-state index in [4.69, 9.17) is 14.6 Å². The van der Waals surface area contributed by atoms with Gasteiger partial charge in [0.1, 0.15) is 18.3 Å². The molecule has 3 N–H and O–H groups in total. The molecular formula is C16H20F2O5. The van der Waals surface area contributed by atoms with Crippen molar-refractivity contribution in [1.82, 2.24) is 0 Å². The van der Waals surface area contributed by atoms with Crippen molar-refractivity contribution in [3.05, 3.63) is 47.5 Å². The monoisotopic (exact) mass is 330 g/mol. The largest absolute Gasteiger partial charge is 0.394 e. The van der Waals surface area contributed by atoms with E-state index < -0.39 is 42.9 Å². The van der Waals surface area contributed by atoms with Gasteiger partial charge in [-0.2, -0.15) is 8.78 Å². The van der Waals surface area contributed by atoms with Crippen molar-refractivity contribution in [1.29, 1.82) is 0 Å².